The predicted molar refractivity (Wildman–Crippen MR) is 88.8 cm³/mol. The molecule has 0 heterocycles. The number of hydrogen-bond acceptors (Lipinski definition) is 3. The van der Waals surface area contributed by atoms with Gasteiger partial charge in [-0.05, 0) is 25.8 Å². The molecule has 0 fully saturated rings. The fourth-order valence-corrected chi connectivity index (χ4v) is 4.71. The van der Waals surface area contributed by atoms with Crippen molar-refractivity contribution < 1.29 is 13.6 Å². The monoisotopic (exact) mass is 312 g/mol. The smallest absolute Gasteiger partial charge is 0.308 e. The van der Waals surface area contributed by atoms with E-state index in [1.165, 1.54) is 12.8 Å². The van der Waals surface area contributed by atoms with Crippen molar-refractivity contribution in [2.75, 3.05) is 13.2 Å². The molecule has 0 bridgehead atoms. The summed E-state index contributed by atoms with van der Waals surface area (Å²) in [6, 6.07) is 9.99. The van der Waals surface area contributed by atoms with E-state index in [0.717, 1.165) is 24.8 Å². The molecule has 120 valence electrons. The third kappa shape index (κ3) is 5.94. The number of unbranched alkanes of at least 4 members (excludes halogenated alkanes) is 3. The lowest BCUT2D eigenvalue weighted by Crippen LogP contribution is -2.07. The average Bonchev–Trinajstić information content (AvgIpc) is 2.48. The molecule has 0 saturated carbocycles. The van der Waals surface area contributed by atoms with Gasteiger partial charge in [-0.1, -0.05) is 62.9 Å². The maximum Gasteiger partial charge on any atom is 0.338 e. The molecule has 1 aromatic carbocycles. The first kappa shape index (κ1) is 18.4. The van der Waals surface area contributed by atoms with Gasteiger partial charge < -0.3 is 9.05 Å². The molecule has 0 aliphatic rings. The summed E-state index contributed by atoms with van der Waals surface area (Å²) >= 11 is 0. The summed E-state index contributed by atoms with van der Waals surface area (Å²) in [5, 5.41) is 0. The minimum absolute atomic E-state index is 0.157. The van der Waals surface area contributed by atoms with Crippen molar-refractivity contribution in [1.29, 1.82) is 0 Å². The molecule has 0 N–H and O–H groups in total. The van der Waals surface area contributed by atoms with Crippen LogP contribution in [0.2, 0.25) is 0 Å². The summed E-state index contributed by atoms with van der Waals surface area (Å²) in [6.45, 7) is 6.75. The van der Waals surface area contributed by atoms with Crippen LogP contribution in [0.25, 0.3) is 0 Å². The zero-order valence-corrected chi connectivity index (χ0v) is 14.5. The molecular formula is C17H29O3P. The minimum atomic E-state index is -3.10. The Kier molecular flexibility index (Phi) is 8.91. The van der Waals surface area contributed by atoms with Gasteiger partial charge in [0, 0.05) is 0 Å². The molecule has 21 heavy (non-hydrogen) atoms. The summed E-state index contributed by atoms with van der Waals surface area (Å²) in [5.41, 5.74) is 0.898. The van der Waals surface area contributed by atoms with Crippen molar-refractivity contribution in [3.05, 3.63) is 35.9 Å². The lowest BCUT2D eigenvalue weighted by Gasteiger charge is -2.26. The molecular weight excluding hydrogens is 283 g/mol. The highest BCUT2D eigenvalue weighted by molar-refractivity contribution is 7.54. The topological polar surface area (TPSA) is 35.5 Å². The van der Waals surface area contributed by atoms with Crippen molar-refractivity contribution >= 4 is 7.60 Å². The van der Waals surface area contributed by atoms with E-state index in [-0.39, 0.29) is 5.66 Å². The Morgan fingerprint density at radius 3 is 2.10 bits per heavy atom. The molecule has 0 aromatic heterocycles. The van der Waals surface area contributed by atoms with Crippen LogP contribution in [0.4, 0.5) is 0 Å². The normalized spacial score (nSPS) is 13.3. The highest BCUT2D eigenvalue weighted by Crippen LogP contribution is 2.62. The molecule has 0 aliphatic heterocycles. The summed E-state index contributed by atoms with van der Waals surface area (Å²) in [5.74, 6) is 0. The van der Waals surface area contributed by atoms with Crippen LogP contribution in [0.5, 0.6) is 0 Å². The third-order valence-corrected chi connectivity index (χ3v) is 6.07. The van der Waals surface area contributed by atoms with Gasteiger partial charge >= 0.3 is 7.60 Å². The first-order chi connectivity index (χ1) is 10.2. The maximum atomic E-state index is 13.1. The predicted octanol–water partition coefficient (Wildman–Crippen LogP) is 5.96. The van der Waals surface area contributed by atoms with Crippen molar-refractivity contribution in [2.45, 2.75) is 58.5 Å². The van der Waals surface area contributed by atoms with E-state index in [1.807, 2.05) is 44.2 Å². The Bertz CT molecular complexity index is 409. The molecule has 0 amide bonds. The van der Waals surface area contributed by atoms with Crippen molar-refractivity contribution in [3.8, 4) is 0 Å². The van der Waals surface area contributed by atoms with Gasteiger partial charge in [0.05, 0.1) is 18.9 Å². The number of rotatable bonds is 11. The number of benzene rings is 1. The van der Waals surface area contributed by atoms with Crippen LogP contribution in [0.3, 0.4) is 0 Å². The zero-order chi connectivity index (χ0) is 15.6. The molecule has 0 unspecified atom stereocenters. The van der Waals surface area contributed by atoms with E-state index in [1.54, 1.807) is 0 Å². The van der Waals surface area contributed by atoms with Crippen molar-refractivity contribution in [3.63, 3.8) is 0 Å². The largest absolute Gasteiger partial charge is 0.338 e. The van der Waals surface area contributed by atoms with Gasteiger partial charge in [-0.3, -0.25) is 4.57 Å². The molecule has 0 saturated heterocycles. The second-order valence-electron chi connectivity index (χ2n) is 5.15. The molecule has 1 rings (SSSR count). The second kappa shape index (κ2) is 10.2. The van der Waals surface area contributed by atoms with Crippen LogP contribution in [0.1, 0.15) is 64.1 Å². The summed E-state index contributed by atoms with van der Waals surface area (Å²) in [7, 11) is -3.10. The summed E-state index contributed by atoms with van der Waals surface area (Å²) < 4.78 is 24.3. The van der Waals surface area contributed by atoms with E-state index in [4.69, 9.17) is 9.05 Å². The molecule has 1 aromatic rings. The zero-order valence-electron chi connectivity index (χ0n) is 13.6. The summed E-state index contributed by atoms with van der Waals surface area (Å²) in [6.07, 6.45) is 5.48. The lowest BCUT2D eigenvalue weighted by molar-refractivity contribution is 0.210. The van der Waals surface area contributed by atoms with Crippen LogP contribution < -0.4 is 0 Å². The van der Waals surface area contributed by atoms with Crippen LogP contribution in [-0.2, 0) is 13.6 Å². The molecule has 3 nitrogen and oxygen atoms in total. The van der Waals surface area contributed by atoms with Crippen LogP contribution in [-0.4, -0.2) is 13.2 Å². The Balaban J connectivity index is 2.91. The molecule has 0 aliphatic carbocycles. The van der Waals surface area contributed by atoms with Gasteiger partial charge in [0.1, 0.15) is 0 Å². The fraction of sp³-hybridized carbons (Fsp3) is 0.647. The maximum absolute atomic E-state index is 13.1. The Morgan fingerprint density at radius 1 is 0.952 bits per heavy atom. The highest BCUT2D eigenvalue weighted by Gasteiger charge is 2.36. The molecule has 4 heteroatoms. The first-order valence-corrected chi connectivity index (χ1v) is 9.72. The van der Waals surface area contributed by atoms with E-state index in [2.05, 4.69) is 6.92 Å². The molecule has 0 radical (unpaired) electrons. The Hall–Kier alpha value is -0.630. The van der Waals surface area contributed by atoms with Gasteiger partial charge in [-0.2, -0.15) is 0 Å². The van der Waals surface area contributed by atoms with E-state index >= 15 is 0 Å². The fourth-order valence-electron chi connectivity index (χ4n) is 2.52. The second-order valence-corrected chi connectivity index (χ2v) is 7.37. The first-order valence-electron chi connectivity index (χ1n) is 8.11. The molecule has 0 spiro atoms. The van der Waals surface area contributed by atoms with Gasteiger partial charge in [-0.15, -0.1) is 0 Å². The lowest BCUT2D eigenvalue weighted by atomic mass is 10.1. The minimum Gasteiger partial charge on any atom is -0.308 e. The summed E-state index contributed by atoms with van der Waals surface area (Å²) in [4.78, 5) is 0. The van der Waals surface area contributed by atoms with Crippen LogP contribution in [0.15, 0.2) is 30.3 Å². The van der Waals surface area contributed by atoms with Crippen LogP contribution >= 0.6 is 7.60 Å². The third-order valence-electron chi connectivity index (χ3n) is 3.52. The van der Waals surface area contributed by atoms with E-state index in [9.17, 15) is 4.57 Å². The SMILES string of the molecule is CCCCCC[C@H](c1ccccc1)P(=O)(OCC)OCC. The van der Waals surface area contributed by atoms with Gasteiger partial charge in [0.2, 0.25) is 0 Å². The Labute approximate surface area is 129 Å². The van der Waals surface area contributed by atoms with Gasteiger partial charge in [0.15, 0.2) is 0 Å². The van der Waals surface area contributed by atoms with Gasteiger partial charge in [0.25, 0.3) is 0 Å². The highest BCUT2D eigenvalue weighted by atomic mass is 31.2. The van der Waals surface area contributed by atoms with Gasteiger partial charge in [-0.25, -0.2) is 0 Å². The van der Waals surface area contributed by atoms with Crippen molar-refractivity contribution in [2.24, 2.45) is 0 Å². The van der Waals surface area contributed by atoms with E-state index < -0.39 is 7.60 Å². The van der Waals surface area contributed by atoms with E-state index in [0.29, 0.717) is 13.2 Å². The number of hydrogen-bond donors (Lipinski definition) is 0. The quantitative estimate of drug-likeness (QED) is 0.373. The average molecular weight is 312 g/mol. The molecule has 1 atom stereocenters. The van der Waals surface area contributed by atoms with Crippen LogP contribution in [0, 0.1) is 0 Å². The van der Waals surface area contributed by atoms with Crippen molar-refractivity contribution in [1.82, 2.24) is 0 Å². The standard InChI is InChI=1S/C17H29O3P/c1-4-7-8-12-15-17(16-13-10-9-11-14-16)21(18,19-5-2)20-6-3/h9-11,13-14,17H,4-8,12,15H2,1-3H3/t17-/m1/s1. The Morgan fingerprint density at radius 2 is 1.57 bits per heavy atom.